The van der Waals surface area contributed by atoms with Crippen molar-refractivity contribution >= 4 is 33.2 Å². The molecule has 1 aliphatic heterocycles. The second kappa shape index (κ2) is 6.48. The smallest absolute Gasteiger partial charge is 0.264 e. The van der Waals surface area contributed by atoms with Gasteiger partial charge >= 0.3 is 0 Å². The van der Waals surface area contributed by atoms with Gasteiger partial charge in [-0.25, -0.2) is 8.42 Å². The maximum atomic E-state index is 13.2. The molecule has 0 spiro atoms. The lowest BCUT2D eigenvalue weighted by Gasteiger charge is -2.34. The zero-order valence-corrected chi connectivity index (χ0v) is 15.3. The van der Waals surface area contributed by atoms with Crippen LogP contribution in [0, 0.1) is 0 Å². The number of sulfonamides is 1. The summed E-state index contributed by atoms with van der Waals surface area (Å²) in [5.41, 5.74) is 0.415. The summed E-state index contributed by atoms with van der Waals surface area (Å²) in [7, 11) is -3.86. The molecule has 1 atom stereocenters. The molecule has 1 aliphatic carbocycles. The highest BCUT2D eigenvalue weighted by Crippen LogP contribution is 2.37. The van der Waals surface area contributed by atoms with Crippen LogP contribution in [0.1, 0.15) is 12.8 Å². The summed E-state index contributed by atoms with van der Waals surface area (Å²) >= 11 is 5.87. The van der Waals surface area contributed by atoms with E-state index in [-0.39, 0.29) is 23.4 Å². The molecule has 8 heteroatoms. The molecule has 136 valence electrons. The largest absolute Gasteiger partial charge is 0.476 e. The average molecular weight is 393 g/mol. The number of amides is 1. The molecule has 2 aromatic rings. The molecule has 1 N–H and O–H groups in total. The molecule has 0 saturated heterocycles. The number of hydrogen-bond acceptors (Lipinski definition) is 4. The Kier molecular flexibility index (Phi) is 4.28. The summed E-state index contributed by atoms with van der Waals surface area (Å²) in [6, 6.07) is 12.9. The number of halogens is 1. The van der Waals surface area contributed by atoms with E-state index in [1.807, 2.05) is 0 Å². The molecule has 26 heavy (non-hydrogen) atoms. The average Bonchev–Trinajstić information content (AvgIpc) is 3.45. The Hall–Kier alpha value is -2.25. The quantitative estimate of drug-likeness (QED) is 0.867. The van der Waals surface area contributed by atoms with Crippen LogP contribution in [0.4, 0.5) is 5.69 Å². The van der Waals surface area contributed by atoms with Gasteiger partial charge in [0, 0.05) is 11.1 Å². The first-order chi connectivity index (χ1) is 12.4. The van der Waals surface area contributed by atoms with Crippen LogP contribution in [0.5, 0.6) is 5.75 Å². The van der Waals surface area contributed by atoms with Gasteiger partial charge in [0.15, 0.2) is 6.10 Å². The zero-order valence-electron chi connectivity index (χ0n) is 13.8. The normalized spacial score (nSPS) is 19.4. The fraction of sp³-hybridized carbons (Fsp3) is 0.278. The van der Waals surface area contributed by atoms with Gasteiger partial charge in [-0.15, -0.1) is 0 Å². The van der Waals surface area contributed by atoms with Gasteiger partial charge in [0.05, 0.1) is 17.1 Å². The van der Waals surface area contributed by atoms with E-state index in [0.717, 1.165) is 12.8 Å². The van der Waals surface area contributed by atoms with Crippen LogP contribution >= 0.6 is 11.6 Å². The molecule has 1 amide bonds. The minimum atomic E-state index is -3.86. The first-order valence-corrected chi connectivity index (χ1v) is 10.1. The zero-order chi connectivity index (χ0) is 18.3. The van der Waals surface area contributed by atoms with Gasteiger partial charge in [0.1, 0.15) is 5.75 Å². The Balaban J connectivity index is 1.70. The van der Waals surface area contributed by atoms with Crippen molar-refractivity contribution in [2.24, 2.45) is 0 Å². The number of carbonyl (C=O) groups excluding carboxylic acids is 1. The summed E-state index contributed by atoms with van der Waals surface area (Å²) < 4.78 is 33.3. The monoisotopic (exact) mass is 392 g/mol. The van der Waals surface area contributed by atoms with Gasteiger partial charge in [0.25, 0.3) is 15.9 Å². The van der Waals surface area contributed by atoms with Crippen molar-refractivity contribution in [3.63, 3.8) is 0 Å². The lowest BCUT2D eigenvalue weighted by Crippen LogP contribution is -2.51. The third kappa shape index (κ3) is 3.24. The number of nitrogens with one attached hydrogen (secondary N) is 1. The Morgan fingerprint density at radius 2 is 1.81 bits per heavy atom. The van der Waals surface area contributed by atoms with Crippen LogP contribution in [0.3, 0.4) is 0 Å². The van der Waals surface area contributed by atoms with Gasteiger partial charge < -0.3 is 10.1 Å². The molecular formula is C18H17ClN2O4S. The van der Waals surface area contributed by atoms with Crippen LogP contribution < -0.4 is 14.4 Å². The van der Waals surface area contributed by atoms with Crippen molar-refractivity contribution in [2.75, 3.05) is 10.8 Å². The first kappa shape index (κ1) is 17.2. The van der Waals surface area contributed by atoms with Gasteiger partial charge in [0.2, 0.25) is 0 Å². The number of anilines is 1. The molecule has 0 aromatic heterocycles. The van der Waals surface area contributed by atoms with Crippen molar-refractivity contribution in [1.82, 2.24) is 5.32 Å². The minimum Gasteiger partial charge on any atom is -0.476 e. The van der Waals surface area contributed by atoms with Gasteiger partial charge in [-0.3, -0.25) is 9.10 Å². The third-order valence-corrected chi connectivity index (χ3v) is 6.40. The number of benzene rings is 2. The van der Waals surface area contributed by atoms with E-state index in [1.165, 1.54) is 28.6 Å². The number of fused-ring (bicyclic) bond motifs is 1. The Bertz CT molecular complexity index is 942. The molecule has 1 saturated carbocycles. The molecule has 0 bridgehead atoms. The number of hydrogen-bond donors (Lipinski definition) is 1. The van der Waals surface area contributed by atoms with E-state index < -0.39 is 16.1 Å². The highest BCUT2D eigenvalue weighted by Gasteiger charge is 2.38. The molecular weight excluding hydrogens is 376 g/mol. The molecule has 0 unspecified atom stereocenters. The summed E-state index contributed by atoms with van der Waals surface area (Å²) in [6.07, 6.45) is 0.997. The summed E-state index contributed by atoms with van der Waals surface area (Å²) in [6.45, 7) is -0.0828. The van der Waals surface area contributed by atoms with Gasteiger partial charge in [-0.1, -0.05) is 23.7 Å². The highest BCUT2D eigenvalue weighted by atomic mass is 35.5. The first-order valence-electron chi connectivity index (χ1n) is 8.29. The molecule has 0 radical (unpaired) electrons. The topological polar surface area (TPSA) is 75.7 Å². The number of rotatable bonds is 4. The number of ether oxygens (including phenoxy) is 1. The summed E-state index contributed by atoms with van der Waals surface area (Å²) in [4.78, 5) is 12.5. The standard InChI is InChI=1S/C18H17ClN2O4S/c19-12-5-9-14(10-6-12)26(23,24)21-11-17(18(22)20-13-7-8-13)25-16-4-2-1-3-15(16)21/h1-6,9-10,13,17H,7-8,11H2,(H,20,22)/t17-/m1/s1. The number of carbonyl (C=O) groups is 1. The summed E-state index contributed by atoms with van der Waals surface area (Å²) in [5.74, 6) is 0.0746. The van der Waals surface area contributed by atoms with E-state index in [2.05, 4.69) is 5.32 Å². The molecule has 1 heterocycles. The number of nitrogens with zero attached hydrogens (tertiary/aromatic N) is 1. The van der Waals surface area contributed by atoms with Gasteiger partial charge in [-0.2, -0.15) is 0 Å². The molecule has 2 aliphatic rings. The fourth-order valence-corrected chi connectivity index (χ4v) is 4.42. The van der Waals surface area contributed by atoms with Crippen molar-refractivity contribution < 1.29 is 17.9 Å². The second-order valence-electron chi connectivity index (χ2n) is 6.35. The maximum absolute atomic E-state index is 13.2. The minimum absolute atomic E-state index is 0.0828. The van der Waals surface area contributed by atoms with Crippen LogP contribution in [0.2, 0.25) is 5.02 Å². The number of para-hydroxylation sites is 2. The molecule has 6 nitrogen and oxygen atoms in total. The summed E-state index contributed by atoms with van der Waals surface area (Å²) in [5, 5.41) is 3.32. The molecule has 1 fully saturated rings. The van der Waals surface area contributed by atoms with E-state index in [4.69, 9.17) is 16.3 Å². The van der Waals surface area contributed by atoms with E-state index >= 15 is 0 Å². The molecule has 2 aromatic carbocycles. The highest BCUT2D eigenvalue weighted by molar-refractivity contribution is 7.92. The van der Waals surface area contributed by atoms with Crippen LogP contribution in [-0.2, 0) is 14.8 Å². The van der Waals surface area contributed by atoms with Crippen LogP contribution in [-0.4, -0.2) is 33.0 Å². The Labute approximate surface area is 156 Å². The van der Waals surface area contributed by atoms with E-state index in [9.17, 15) is 13.2 Å². The van der Waals surface area contributed by atoms with Crippen molar-refractivity contribution in [2.45, 2.75) is 29.9 Å². The lowest BCUT2D eigenvalue weighted by atomic mass is 10.2. The van der Waals surface area contributed by atoms with Crippen LogP contribution in [0.25, 0.3) is 0 Å². The maximum Gasteiger partial charge on any atom is 0.264 e. The van der Waals surface area contributed by atoms with Crippen molar-refractivity contribution in [3.8, 4) is 5.75 Å². The van der Waals surface area contributed by atoms with Gasteiger partial charge in [-0.05, 0) is 49.2 Å². The Morgan fingerprint density at radius 1 is 1.12 bits per heavy atom. The second-order valence-corrected chi connectivity index (χ2v) is 8.65. The van der Waals surface area contributed by atoms with Crippen LogP contribution in [0.15, 0.2) is 53.4 Å². The van der Waals surface area contributed by atoms with Crippen molar-refractivity contribution in [1.29, 1.82) is 0 Å². The van der Waals surface area contributed by atoms with E-state index in [0.29, 0.717) is 16.5 Å². The predicted octanol–water partition coefficient (Wildman–Crippen LogP) is 2.57. The Morgan fingerprint density at radius 3 is 2.50 bits per heavy atom. The molecule has 4 rings (SSSR count). The van der Waals surface area contributed by atoms with E-state index in [1.54, 1.807) is 24.3 Å². The van der Waals surface area contributed by atoms with Crippen molar-refractivity contribution in [3.05, 3.63) is 53.6 Å². The SMILES string of the molecule is O=C(NC1CC1)[C@H]1CN(S(=O)(=O)c2ccc(Cl)cc2)c2ccccc2O1. The third-order valence-electron chi connectivity index (χ3n) is 4.35. The fourth-order valence-electron chi connectivity index (χ4n) is 2.82. The predicted molar refractivity (Wildman–Crippen MR) is 98.0 cm³/mol. The lowest BCUT2D eigenvalue weighted by molar-refractivity contribution is -0.127.